The topological polar surface area (TPSA) is 93.2 Å². The molecule has 170 valence electrons. The molecule has 2 unspecified atom stereocenters. The minimum Gasteiger partial charge on any atom is -0.496 e. The van der Waals surface area contributed by atoms with Crippen LogP contribution in [0.3, 0.4) is 0 Å². The third-order valence-corrected chi connectivity index (χ3v) is 8.00. The van der Waals surface area contributed by atoms with Gasteiger partial charge in [-0.05, 0) is 42.5 Å². The highest BCUT2D eigenvalue weighted by Gasteiger charge is 2.68. The lowest BCUT2D eigenvalue weighted by molar-refractivity contribution is -0.130. The second-order valence-corrected chi connectivity index (χ2v) is 9.85. The Labute approximate surface area is 200 Å². The predicted octanol–water partition coefficient (Wildman–Crippen LogP) is 4.56. The van der Waals surface area contributed by atoms with Crippen molar-refractivity contribution >= 4 is 46.0 Å². The van der Waals surface area contributed by atoms with Gasteiger partial charge in [0.2, 0.25) is 0 Å². The first-order chi connectivity index (χ1) is 15.7. The molecule has 1 heterocycles. The number of fused-ring (bicyclic) bond motifs is 6. The van der Waals surface area contributed by atoms with Gasteiger partial charge in [-0.2, -0.15) is 0 Å². The lowest BCUT2D eigenvalue weighted by atomic mass is 9.68. The highest BCUT2D eigenvalue weighted by atomic mass is 35.5. The monoisotopic (exact) mass is 484 g/mol. The Bertz CT molecular complexity index is 1330. The molecule has 2 atom stereocenters. The lowest BCUT2D eigenvalue weighted by Gasteiger charge is -2.36. The van der Waals surface area contributed by atoms with E-state index in [-0.39, 0.29) is 11.8 Å². The van der Waals surface area contributed by atoms with Gasteiger partial charge in [0.1, 0.15) is 11.2 Å². The van der Waals surface area contributed by atoms with Gasteiger partial charge in [0.15, 0.2) is 0 Å². The third kappa shape index (κ3) is 3.02. The van der Waals surface area contributed by atoms with Crippen LogP contribution >= 0.6 is 23.2 Å². The maximum Gasteiger partial charge on any atom is 0.273 e. The van der Waals surface area contributed by atoms with Crippen LogP contribution < -0.4 is 15.6 Å². The summed E-state index contributed by atoms with van der Waals surface area (Å²) in [4.78, 5) is 36.1. The van der Waals surface area contributed by atoms with Crippen molar-refractivity contribution in [3.63, 3.8) is 0 Å². The summed E-state index contributed by atoms with van der Waals surface area (Å²) in [5.41, 5.74) is 6.81. The summed E-state index contributed by atoms with van der Waals surface area (Å²) in [5, 5.41) is 0.788. The third-order valence-electron chi connectivity index (χ3n) is 7.28. The van der Waals surface area contributed by atoms with Crippen LogP contribution in [0.25, 0.3) is 11.0 Å². The van der Waals surface area contributed by atoms with E-state index in [1.54, 1.807) is 36.4 Å². The van der Waals surface area contributed by atoms with Gasteiger partial charge in [-0.1, -0.05) is 49.2 Å². The summed E-state index contributed by atoms with van der Waals surface area (Å²) in [6, 6.07) is 10.2. The largest absolute Gasteiger partial charge is 0.496 e. The molecule has 2 aliphatic rings. The zero-order valence-electron chi connectivity index (χ0n) is 18.3. The van der Waals surface area contributed by atoms with Crippen LogP contribution in [0.15, 0.2) is 36.4 Å². The number of hydrogen-bond donors (Lipinski definition) is 2. The summed E-state index contributed by atoms with van der Waals surface area (Å²) in [6.07, 6.45) is 1.41. The lowest BCUT2D eigenvalue weighted by Crippen LogP contribution is -2.55. The van der Waals surface area contributed by atoms with Crippen LogP contribution in [0, 0.1) is 5.41 Å². The number of nitrogens with one attached hydrogen (secondary N) is 2. The highest BCUT2D eigenvalue weighted by Crippen LogP contribution is 2.67. The molecule has 2 aliphatic carbocycles. The number of hydrogen-bond acceptors (Lipinski definition) is 5. The van der Waals surface area contributed by atoms with Crippen molar-refractivity contribution in [2.24, 2.45) is 5.41 Å². The summed E-state index contributed by atoms with van der Waals surface area (Å²) in [6.45, 7) is 4.11. The Morgan fingerprint density at radius 3 is 2.42 bits per heavy atom. The van der Waals surface area contributed by atoms with E-state index in [1.165, 1.54) is 7.11 Å². The van der Waals surface area contributed by atoms with E-state index in [4.69, 9.17) is 37.9 Å². The van der Waals surface area contributed by atoms with Crippen LogP contribution in [0.2, 0.25) is 10.0 Å². The first-order valence-corrected chi connectivity index (χ1v) is 11.4. The molecule has 7 nitrogen and oxygen atoms in total. The van der Waals surface area contributed by atoms with Gasteiger partial charge >= 0.3 is 0 Å². The zero-order chi connectivity index (χ0) is 23.5. The molecule has 2 N–H and O–H groups in total. The molecule has 3 aromatic rings. The number of ether oxygens (including phenoxy) is 1. The van der Waals surface area contributed by atoms with E-state index >= 15 is 0 Å². The Kier molecular flexibility index (Phi) is 5.03. The number of carbonyl (C=O) groups excluding carboxylic acids is 2. The van der Waals surface area contributed by atoms with Crippen LogP contribution in [0.4, 0.5) is 0 Å². The van der Waals surface area contributed by atoms with Crippen molar-refractivity contribution in [1.29, 1.82) is 0 Å². The average Bonchev–Trinajstić information content (AvgIpc) is 3.17. The molecule has 2 bridgehead atoms. The average molecular weight is 485 g/mol. The first-order valence-electron chi connectivity index (χ1n) is 10.6. The smallest absolute Gasteiger partial charge is 0.273 e. The fourth-order valence-electron chi connectivity index (χ4n) is 5.50. The van der Waals surface area contributed by atoms with E-state index in [9.17, 15) is 9.59 Å². The van der Waals surface area contributed by atoms with Crippen molar-refractivity contribution in [1.82, 2.24) is 20.8 Å². The van der Waals surface area contributed by atoms with E-state index in [1.807, 2.05) is 0 Å². The Morgan fingerprint density at radius 2 is 1.73 bits per heavy atom. The molecule has 0 spiro atoms. The van der Waals surface area contributed by atoms with Crippen LogP contribution in [0.1, 0.15) is 54.4 Å². The molecule has 33 heavy (non-hydrogen) atoms. The molecule has 0 aliphatic heterocycles. The molecule has 2 aromatic carbocycles. The zero-order valence-corrected chi connectivity index (χ0v) is 19.8. The maximum absolute atomic E-state index is 13.7. The summed E-state index contributed by atoms with van der Waals surface area (Å²) in [7, 11) is 1.49. The number of halogens is 2. The van der Waals surface area contributed by atoms with Crippen molar-refractivity contribution < 1.29 is 14.3 Å². The Morgan fingerprint density at radius 1 is 1.06 bits per heavy atom. The van der Waals surface area contributed by atoms with Gasteiger partial charge in [-0.3, -0.25) is 20.4 Å². The number of aromatic nitrogens is 2. The number of para-hydroxylation sites is 1. The predicted molar refractivity (Wildman–Crippen MR) is 126 cm³/mol. The second kappa shape index (κ2) is 7.57. The molecule has 0 saturated heterocycles. The Balaban J connectivity index is 1.51. The molecule has 1 fully saturated rings. The number of carbonyl (C=O) groups is 2. The van der Waals surface area contributed by atoms with Gasteiger partial charge in [-0.15, -0.1) is 0 Å². The molecule has 0 radical (unpaired) electrons. The molecule has 1 aromatic heterocycles. The van der Waals surface area contributed by atoms with Gasteiger partial charge < -0.3 is 4.74 Å². The van der Waals surface area contributed by atoms with Crippen LogP contribution in [0.5, 0.6) is 5.75 Å². The molecule has 5 rings (SSSR count). The molecule has 2 amide bonds. The van der Waals surface area contributed by atoms with Crippen molar-refractivity contribution in [2.75, 3.05) is 7.11 Å². The number of rotatable bonds is 3. The molecule has 1 saturated carbocycles. The minimum absolute atomic E-state index is 0.0644. The molecular formula is C24H22Cl2N4O3. The number of hydrazine groups is 1. The van der Waals surface area contributed by atoms with E-state index < -0.39 is 16.7 Å². The fraction of sp³-hybridized carbons (Fsp3) is 0.333. The van der Waals surface area contributed by atoms with Crippen molar-refractivity contribution in [2.45, 2.75) is 38.0 Å². The first kappa shape index (κ1) is 21.9. The van der Waals surface area contributed by atoms with Gasteiger partial charge in [0.25, 0.3) is 11.8 Å². The number of nitrogens with zero attached hydrogens (tertiary/aromatic N) is 2. The van der Waals surface area contributed by atoms with Gasteiger partial charge in [0, 0.05) is 5.92 Å². The highest BCUT2D eigenvalue weighted by molar-refractivity contribution is 6.42. The normalized spacial score (nSPS) is 22.2. The van der Waals surface area contributed by atoms with E-state index in [2.05, 4.69) is 24.7 Å². The quantitative estimate of drug-likeness (QED) is 0.531. The summed E-state index contributed by atoms with van der Waals surface area (Å²) >= 11 is 12.4. The maximum atomic E-state index is 13.7. The van der Waals surface area contributed by atoms with E-state index in [0.717, 1.165) is 12.1 Å². The van der Waals surface area contributed by atoms with Crippen LogP contribution in [-0.2, 0) is 10.2 Å². The second-order valence-electron chi connectivity index (χ2n) is 9.04. The van der Waals surface area contributed by atoms with Crippen LogP contribution in [-0.4, -0.2) is 28.9 Å². The standard InChI is InChI=1S/C24H22Cl2N4O3/c1-23(2)13-8-9-24(23,20-19(13)27-16-10-14(25)15(26)11-17(16)28-20)22(32)30-29-21(31)12-6-4-5-7-18(12)33-3/h4-7,10-11,13H,8-9H2,1-3H3,(H,29,31)(H,30,32). The van der Waals surface area contributed by atoms with Gasteiger partial charge in [-0.25, -0.2) is 9.97 Å². The minimum atomic E-state index is -0.936. The summed E-state index contributed by atoms with van der Waals surface area (Å²) in [5.74, 6) is -0.295. The van der Waals surface area contributed by atoms with E-state index in [0.29, 0.717) is 44.5 Å². The fourth-order valence-corrected chi connectivity index (χ4v) is 5.82. The van der Waals surface area contributed by atoms with Crippen molar-refractivity contribution in [3.05, 3.63) is 63.4 Å². The summed E-state index contributed by atoms with van der Waals surface area (Å²) < 4.78 is 5.25. The number of methoxy groups -OCH3 is 1. The van der Waals surface area contributed by atoms with Gasteiger partial charge in [0.05, 0.1) is 45.1 Å². The molecular weight excluding hydrogens is 463 g/mol. The number of amides is 2. The SMILES string of the molecule is COc1ccccc1C(=O)NNC(=O)C12CCC(c3nc4cc(Cl)c(Cl)cc4nc31)C2(C)C. The van der Waals surface area contributed by atoms with Crippen molar-refractivity contribution in [3.8, 4) is 5.75 Å². The Hall–Kier alpha value is -2.90. The molecule has 9 heteroatoms. The number of benzene rings is 2.